The molecule has 6 nitrogen and oxygen atoms in total. The lowest BCUT2D eigenvalue weighted by atomic mass is 10.1. The van der Waals surface area contributed by atoms with Gasteiger partial charge in [0.1, 0.15) is 10.8 Å². The maximum Gasteiger partial charge on any atom is 0.419 e. The summed E-state index contributed by atoms with van der Waals surface area (Å²) in [7, 11) is -8.09. The number of anilines is 2. The summed E-state index contributed by atoms with van der Waals surface area (Å²) in [6.07, 6.45) is -4.04. The van der Waals surface area contributed by atoms with Gasteiger partial charge in [-0.2, -0.15) is 13.2 Å². The van der Waals surface area contributed by atoms with Crippen molar-refractivity contribution in [1.82, 2.24) is 0 Å². The van der Waals surface area contributed by atoms with Gasteiger partial charge in [0.15, 0.2) is 0 Å². The number of nitrogens with one attached hydrogen (secondary N) is 1. The molecule has 0 fully saturated rings. The number of fused-ring (bicyclic) bond motifs is 1. The fourth-order valence-electron chi connectivity index (χ4n) is 3.55. The van der Waals surface area contributed by atoms with Gasteiger partial charge in [0.2, 0.25) is 10.0 Å². The van der Waals surface area contributed by atoms with Gasteiger partial charge in [-0.05, 0) is 73.8 Å². The lowest BCUT2D eigenvalue weighted by Gasteiger charge is -2.24. The molecule has 0 saturated carbocycles. The van der Waals surface area contributed by atoms with Crippen molar-refractivity contribution >= 4 is 84.0 Å². The molecule has 0 aliphatic heterocycles. The summed E-state index contributed by atoms with van der Waals surface area (Å²) in [5, 5.41) is 0.884. The highest BCUT2D eigenvalue weighted by molar-refractivity contribution is 9.11. The average Bonchev–Trinajstić information content (AvgIpc) is 3.14. The van der Waals surface area contributed by atoms with Gasteiger partial charge in [0.25, 0.3) is 10.0 Å². The molecule has 0 unspecified atom stereocenters. The summed E-state index contributed by atoms with van der Waals surface area (Å²) in [6.45, 7) is -0.544. The van der Waals surface area contributed by atoms with Gasteiger partial charge >= 0.3 is 6.18 Å². The monoisotopic (exact) mass is 714 g/mol. The van der Waals surface area contributed by atoms with Gasteiger partial charge in [0.05, 0.1) is 33.4 Å². The SMILES string of the molecule is CS(=O)(=O)Nc1ccc(S(=O)(=O)N(Cc2ccc(F)c(C(F)(F)F)c2)c2sc3ccccc3c2Br)cc1Br. The zero-order valence-corrected chi connectivity index (χ0v) is 24.7. The Bertz CT molecular complexity index is 1760. The normalized spacial score (nSPS) is 12.6. The number of rotatable bonds is 7. The number of thiophene rings is 1. The molecule has 38 heavy (non-hydrogen) atoms. The van der Waals surface area contributed by atoms with Crippen molar-refractivity contribution in [3.63, 3.8) is 0 Å². The summed E-state index contributed by atoms with van der Waals surface area (Å²) < 4.78 is 109. The molecule has 1 N–H and O–H groups in total. The summed E-state index contributed by atoms with van der Waals surface area (Å²) in [6, 6.07) is 12.9. The van der Waals surface area contributed by atoms with Crippen LogP contribution >= 0.6 is 43.2 Å². The summed E-state index contributed by atoms with van der Waals surface area (Å²) in [5.41, 5.74) is -1.52. The summed E-state index contributed by atoms with van der Waals surface area (Å²) in [5.74, 6) is -1.48. The molecule has 0 aliphatic carbocycles. The highest BCUT2D eigenvalue weighted by Gasteiger charge is 2.35. The number of nitrogens with zero attached hydrogens (tertiary/aromatic N) is 1. The van der Waals surface area contributed by atoms with Gasteiger partial charge in [-0.15, -0.1) is 11.3 Å². The van der Waals surface area contributed by atoms with E-state index in [0.29, 0.717) is 22.0 Å². The second-order valence-corrected chi connectivity index (χ2v) is 14.3. The van der Waals surface area contributed by atoms with Crippen LogP contribution in [-0.2, 0) is 32.8 Å². The van der Waals surface area contributed by atoms with E-state index in [0.717, 1.165) is 32.7 Å². The van der Waals surface area contributed by atoms with Crippen molar-refractivity contribution in [2.75, 3.05) is 15.3 Å². The Morgan fingerprint density at radius 3 is 2.26 bits per heavy atom. The van der Waals surface area contributed by atoms with Crippen LogP contribution < -0.4 is 9.03 Å². The van der Waals surface area contributed by atoms with Crippen LogP contribution in [0.5, 0.6) is 0 Å². The number of hydrogen-bond acceptors (Lipinski definition) is 5. The molecule has 0 bridgehead atoms. The molecule has 1 aromatic heterocycles. The molecule has 1 heterocycles. The second kappa shape index (κ2) is 10.4. The topological polar surface area (TPSA) is 83.5 Å². The Balaban J connectivity index is 1.87. The van der Waals surface area contributed by atoms with E-state index in [-0.39, 0.29) is 25.6 Å². The minimum Gasteiger partial charge on any atom is -0.283 e. The first-order chi connectivity index (χ1) is 17.6. The zero-order chi connectivity index (χ0) is 28.0. The fourth-order valence-corrected chi connectivity index (χ4v) is 8.73. The van der Waals surface area contributed by atoms with E-state index in [2.05, 4.69) is 36.6 Å². The van der Waals surface area contributed by atoms with Crippen molar-refractivity contribution in [3.05, 3.63) is 86.6 Å². The Kier molecular flexibility index (Phi) is 7.89. The Morgan fingerprint density at radius 1 is 0.974 bits per heavy atom. The average molecular weight is 716 g/mol. The minimum absolute atomic E-state index is 0.0920. The maximum atomic E-state index is 13.9. The van der Waals surface area contributed by atoms with E-state index in [9.17, 15) is 34.4 Å². The molecule has 0 aliphatic rings. The van der Waals surface area contributed by atoms with E-state index in [1.54, 1.807) is 24.3 Å². The number of alkyl halides is 3. The standard InChI is InChI=1S/C23H16Br2F4N2O4S3/c1-37(32,33)30-19-9-7-14(11-17(19)24)38(34,35)31(22-21(25)15-4-2-3-5-20(15)36-22)12-13-6-8-18(26)16(10-13)23(27,28)29/h2-11,30H,12H2,1H3. The zero-order valence-electron chi connectivity index (χ0n) is 19.1. The first kappa shape index (κ1) is 28.8. The Morgan fingerprint density at radius 2 is 1.66 bits per heavy atom. The molecule has 0 spiro atoms. The molecule has 0 atom stereocenters. The van der Waals surface area contributed by atoms with Crippen LogP contribution in [0.4, 0.5) is 28.3 Å². The molecular weight excluding hydrogens is 700 g/mol. The number of hydrogen-bond donors (Lipinski definition) is 1. The lowest BCUT2D eigenvalue weighted by Crippen LogP contribution is -2.30. The van der Waals surface area contributed by atoms with E-state index >= 15 is 0 Å². The number of sulfonamides is 2. The van der Waals surface area contributed by atoms with Crippen LogP contribution in [0.1, 0.15) is 11.1 Å². The first-order valence-corrected chi connectivity index (χ1v) is 16.1. The molecule has 3 aromatic carbocycles. The minimum atomic E-state index is -4.98. The molecule has 4 rings (SSSR count). The van der Waals surface area contributed by atoms with E-state index < -0.39 is 44.1 Å². The van der Waals surface area contributed by atoms with Gasteiger partial charge < -0.3 is 0 Å². The third-order valence-corrected chi connectivity index (χ3v) is 10.6. The van der Waals surface area contributed by atoms with Crippen molar-refractivity contribution in [2.24, 2.45) is 0 Å². The number of benzene rings is 3. The van der Waals surface area contributed by atoms with Gasteiger partial charge in [-0.25, -0.2) is 21.2 Å². The lowest BCUT2D eigenvalue weighted by molar-refractivity contribution is -0.140. The van der Waals surface area contributed by atoms with E-state index in [1.165, 1.54) is 18.2 Å². The third-order valence-electron chi connectivity index (χ3n) is 5.23. The van der Waals surface area contributed by atoms with Gasteiger partial charge in [-0.1, -0.05) is 24.3 Å². The predicted molar refractivity (Wildman–Crippen MR) is 147 cm³/mol. The van der Waals surface area contributed by atoms with E-state index in [1.807, 2.05) is 0 Å². The van der Waals surface area contributed by atoms with Crippen molar-refractivity contribution in [2.45, 2.75) is 17.6 Å². The van der Waals surface area contributed by atoms with Crippen LogP contribution in [0.25, 0.3) is 10.1 Å². The summed E-state index contributed by atoms with van der Waals surface area (Å²) >= 11 is 7.69. The highest BCUT2D eigenvalue weighted by atomic mass is 79.9. The summed E-state index contributed by atoms with van der Waals surface area (Å²) in [4.78, 5) is -0.258. The van der Waals surface area contributed by atoms with Crippen molar-refractivity contribution in [3.8, 4) is 0 Å². The fraction of sp³-hybridized carbons (Fsp3) is 0.130. The van der Waals surface area contributed by atoms with Crippen LogP contribution in [0.15, 0.2) is 74.5 Å². The molecule has 0 amide bonds. The van der Waals surface area contributed by atoms with E-state index in [4.69, 9.17) is 0 Å². The number of halogens is 6. The smallest absolute Gasteiger partial charge is 0.283 e. The maximum absolute atomic E-state index is 13.9. The van der Waals surface area contributed by atoms with Crippen LogP contribution in [0, 0.1) is 5.82 Å². The first-order valence-electron chi connectivity index (χ1n) is 10.4. The van der Waals surface area contributed by atoms with Crippen LogP contribution in [0.3, 0.4) is 0 Å². The molecule has 0 radical (unpaired) electrons. The van der Waals surface area contributed by atoms with Gasteiger partial charge in [-0.3, -0.25) is 9.03 Å². The molecular formula is C23H16Br2F4N2O4S3. The Labute approximate surface area is 236 Å². The third kappa shape index (κ3) is 6.01. The van der Waals surface area contributed by atoms with Crippen LogP contribution in [-0.4, -0.2) is 23.1 Å². The second-order valence-electron chi connectivity index (χ2n) is 8.06. The van der Waals surface area contributed by atoms with Crippen molar-refractivity contribution < 1.29 is 34.4 Å². The van der Waals surface area contributed by atoms with Crippen LogP contribution in [0.2, 0.25) is 0 Å². The molecule has 202 valence electrons. The largest absolute Gasteiger partial charge is 0.419 e. The van der Waals surface area contributed by atoms with Crippen molar-refractivity contribution in [1.29, 1.82) is 0 Å². The molecule has 15 heteroatoms. The highest BCUT2D eigenvalue weighted by Crippen LogP contribution is 2.45. The van der Waals surface area contributed by atoms with Gasteiger partial charge in [0, 0.05) is 14.6 Å². The Hall–Kier alpha value is -2.20. The predicted octanol–water partition coefficient (Wildman–Crippen LogP) is 7.35. The molecule has 4 aromatic rings. The quantitative estimate of drug-likeness (QED) is 0.203. The molecule has 0 saturated heterocycles.